The predicted molar refractivity (Wildman–Crippen MR) is 48.5 cm³/mol. The first-order valence-corrected chi connectivity index (χ1v) is 5.35. The molecule has 3 nitrogen and oxygen atoms in total. The molecule has 0 aliphatic carbocycles. The van der Waals surface area contributed by atoms with E-state index < -0.39 is 8.60 Å². The number of hydrogen-bond acceptors (Lipinski definition) is 3. The Balaban J connectivity index is 0. The zero-order chi connectivity index (χ0) is 9.56. The summed E-state index contributed by atoms with van der Waals surface area (Å²) in [5.41, 5.74) is 0. The van der Waals surface area contributed by atoms with Crippen LogP contribution in [0, 0.1) is 11.8 Å². The monoisotopic (exact) mass is 278 g/mol. The fourth-order valence-corrected chi connectivity index (χ4v) is 1.37. The molecule has 0 fully saturated rings. The Morgan fingerprint density at radius 2 is 1.31 bits per heavy atom. The minimum atomic E-state index is -1.90. The molecule has 0 N–H and O–H groups in total. The number of hydrogen-bond donors (Lipinski definition) is 0. The molecule has 0 spiro atoms. The Morgan fingerprint density at radius 3 is 1.54 bits per heavy atom. The van der Waals surface area contributed by atoms with Gasteiger partial charge in [-0.2, -0.15) is 0 Å². The van der Waals surface area contributed by atoms with E-state index in [9.17, 15) is 4.89 Å². The first kappa shape index (κ1) is 17.5. The van der Waals surface area contributed by atoms with Crippen LogP contribution in [0.3, 0.4) is 0 Å². The van der Waals surface area contributed by atoms with Gasteiger partial charge in [-0.15, -0.1) is 0 Å². The zero-order valence-corrected chi connectivity index (χ0v) is 15.1. The fraction of sp³-hybridized carbons (Fsp3) is 1.00. The molecule has 0 aromatic heterocycles. The van der Waals surface area contributed by atoms with Crippen LogP contribution < -0.4 is 63.1 Å². The van der Waals surface area contributed by atoms with Crippen molar-refractivity contribution in [3.63, 3.8) is 0 Å². The molecule has 13 heavy (non-hydrogen) atoms. The second-order valence-corrected chi connectivity index (χ2v) is 4.57. The first-order valence-electron chi connectivity index (χ1n) is 4.25. The Hall–Kier alpha value is 2.12. The van der Waals surface area contributed by atoms with Gasteiger partial charge in [0, 0.05) is 0 Å². The fourth-order valence-electron chi connectivity index (χ4n) is 0.457. The van der Waals surface area contributed by atoms with Crippen molar-refractivity contribution in [3.05, 3.63) is 0 Å². The minimum Gasteiger partial charge on any atom is -0.786 e. The maximum absolute atomic E-state index is 11.0. The summed E-state index contributed by atoms with van der Waals surface area (Å²) in [6.45, 7) is 9.01. The van der Waals surface area contributed by atoms with E-state index in [1.54, 1.807) is 0 Å². The summed E-state index contributed by atoms with van der Waals surface area (Å²) in [7, 11) is -1.90. The van der Waals surface area contributed by atoms with Crippen LogP contribution in [0.4, 0.5) is 0 Å². The summed E-state index contributed by atoms with van der Waals surface area (Å²) in [6, 6.07) is 0. The van der Waals surface area contributed by atoms with Crippen molar-refractivity contribution in [2.45, 2.75) is 27.7 Å². The molecule has 0 atom stereocenters. The van der Waals surface area contributed by atoms with E-state index in [2.05, 4.69) is 0 Å². The summed E-state index contributed by atoms with van der Waals surface area (Å²) in [5, 5.41) is 0. The third-order valence-corrected chi connectivity index (χ3v) is 1.75. The first-order chi connectivity index (χ1) is 5.52. The topological polar surface area (TPSA) is 41.5 Å². The van der Waals surface area contributed by atoms with E-state index in [4.69, 9.17) is 9.05 Å². The maximum atomic E-state index is 11.0. The molecular formula is C8H18O3PRb. The normalized spacial score (nSPS) is 11.1. The van der Waals surface area contributed by atoms with Crippen LogP contribution in [-0.2, 0) is 9.05 Å². The summed E-state index contributed by atoms with van der Waals surface area (Å²) in [5.74, 6) is 0.790. The Bertz CT molecular complexity index is 99.6. The van der Waals surface area contributed by atoms with E-state index in [0.717, 1.165) is 0 Å². The average molecular weight is 279 g/mol. The maximum Gasteiger partial charge on any atom is 1.00 e. The van der Waals surface area contributed by atoms with Gasteiger partial charge in [-0.05, 0) is 11.8 Å². The van der Waals surface area contributed by atoms with Gasteiger partial charge < -0.3 is 13.9 Å². The van der Waals surface area contributed by atoms with Crippen molar-refractivity contribution in [1.29, 1.82) is 0 Å². The van der Waals surface area contributed by atoms with Crippen molar-refractivity contribution in [2.24, 2.45) is 11.8 Å². The average Bonchev–Trinajstić information content (AvgIpc) is 1.96. The van der Waals surface area contributed by atoms with Gasteiger partial charge in [0.25, 0.3) is 0 Å². The molecule has 74 valence electrons. The molecule has 0 rings (SSSR count). The minimum absolute atomic E-state index is 0. The van der Waals surface area contributed by atoms with Gasteiger partial charge in [0.05, 0.1) is 21.8 Å². The van der Waals surface area contributed by atoms with Crippen LogP contribution in [0.15, 0.2) is 0 Å². The van der Waals surface area contributed by atoms with Crippen molar-refractivity contribution in [1.82, 2.24) is 0 Å². The van der Waals surface area contributed by atoms with Crippen molar-refractivity contribution in [2.75, 3.05) is 13.2 Å². The molecule has 0 saturated carbocycles. The molecule has 0 amide bonds. The summed E-state index contributed by atoms with van der Waals surface area (Å²) < 4.78 is 9.88. The van der Waals surface area contributed by atoms with Gasteiger partial charge in [-0.3, -0.25) is 0 Å². The molecule has 0 aromatic carbocycles. The van der Waals surface area contributed by atoms with Gasteiger partial charge in [-0.25, -0.2) is 0 Å². The van der Waals surface area contributed by atoms with E-state index in [-0.39, 0.29) is 58.2 Å². The third kappa shape index (κ3) is 14.1. The molecule has 0 aliphatic heterocycles. The predicted octanol–water partition coefficient (Wildman–Crippen LogP) is -1.08. The molecule has 0 saturated heterocycles. The van der Waals surface area contributed by atoms with Crippen molar-refractivity contribution < 1.29 is 72.1 Å². The van der Waals surface area contributed by atoms with Gasteiger partial charge >= 0.3 is 58.2 Å². The van der Waals surface area contributed by atoms with Gasteiger partial charge in [0.2, 0.25) is 0 Å². The van der Waals surface area contributed by atoms with Crippen LogP contribution >= 0.6 is 8.60 Å². The van der Waals surface area contributed by atoms with Gasteiger partial charge in [0.15, 0.2) is 0 Å². The summed E-state index contributed by atoms with van der Waals surface area (Å²) in [6.07, 6.45) is 0. The van der Waals surface area contributed by atoms with Crippen molar-refractivity contribution >= 4 is 8.60 Å². The molecular weight excluding hydrogens is 261 g/mol. The van der Waals surface area contributed by atoms with Crippen LogP contribution in [0.5, 0.6) is 0 Å². The Morgan fingerprint density at radius 1 is 1.00 bits per heavy atom. The third-order valence-electron chi connectivity index (χ3n) is 1.03. The molecule has 5 heteroatoms. The SMILES string of the molecule is CC(C)COP([O-])OCC(C)C.[Rb+]. The van der Waals surface area contributed by atoms with Crippen LogP contribution in [0.25, 0.3) is 0 Å². The summed E-state index contributed by atoms with van der Waals surface area (Å²) >= 11 is 0. The Labute approximate surface area is 131 Å². The van der Waals surface area contributed by atoms with Crippen LogP contribution in [0.2, 0.25) is 0 Å². The molecule has 0 aliphatic rings. The van der Waals surface area contributed by atoms with Gasteiger partial charge in [-0.1, -0.05) is 27.7 Å². The largest absolute Gasteiger partial charge is 1.00 e. The second kappa shape index (κ2) is 10.6. The Kier molecular flexibility index (Phi) is 14.3. The molecule has 0 radical (unpaired) electrons. The zero-order valence-electron chi connectivity index (χ0n) is 9.24. The number of rotatable bonds is 6. The molecule has 0 aromatic rings. The van der Waals surface area contributed by atoms with E-state index in [0.29, 0.717) is 25.0 Å². The second-order valence-electron chi connectivity index (χ2n) is 3.60. The quantitative estimate of drug-likeness (QED) is 0.581. The van der Waals surface area contributed by atoms with E-state index in [1.165, 1.54) is 0 Å². The summed E-state index contributed by atoms with van der Waals surface area (Å²) in [4.78, 5) is 11.0. The van der Waals surface area contributed by atoms with E-state index in [1.807, 2.05) is 27.7 Å². The van der Waals surface area contributed by atoms with Crippen LogP contribution in [-0.4, -0.2) is 13.2 Å². The van der Waals surface area contributed by atoms with E-state index >= 15 is 0 Å². The molecule has 0 unspecified atom stereocenters. The smallest absolute Gasteiger partial charge is 0.786 e. The molecule has 0 bridgehead atoms. The molecule has 0 heterocycles. The van der Waals surface area contributed by atoms with Gasteiger partial charge in [0.1, 0.15) is 0 Å². The van der Waals surface area contributed by atoms with Crippen LogP contribution in [0.1, 0.15) is 27.7 Å². The van der Waals surface area contributed by atoms with Crippen molar-refractivity contribution in [3.8, 4) is 0 Å². The standard InChI is InChI=1S/C8H18O3P.Rb/c1-7(2)5-10-12(9)11-6-8(3)4;/h7-8H,5-6H2,1-4H3;/q-1;+1.